The van der Waals surface area contributed by atoms with E-state index in [4.69, 9.17) is 11.6 Å². The molecule has 1 atom stereocenters. The topological polar surface area (TPSA) is 42.3 Å². The average Bonchev–Trinajstić information content (AvgIpc) is 2.33. The summed E-state index contributed by atoms with van der Waals surface area (Å²) in [7, 11) is -1.42. The normalized spacial score (nSPS) is 14.2. The van der Waals surface area contributed by atoms with Crippen molar-refractivity contribution in [3.8, 4) is 0 Å². The molecule has 0 bridgehead atoms. The summed E-state index contributed by atoms with van der Waals surface area (Å²) in [5.41, 5.74) is 1.85. The predicted octanol–water partition coefficient (Wildman–Crippen LogP) is 3.49. The van der Waals surface area contributed by atoms with Crippen molar-refractivity contribution >= 4 is 28.8 Å². The van der Waals surface area contributed by atoms with Crippen LogP contribution in [0.4, 0.5) is 0 Å². The number of allylic oxidation sites excluding steroid dienone is 2. The molecule has 0 fully saturated rings. The van der Waals surface area contributed by atoms with E-state index in [1.165, 1.54) is 6.20 Å². The van der Waals surface area contributed by atoms with Crippen LogP contribution in [0.15, 0.2) is 33.2 Å². The van der Waals surface area contributed by atoms with Gasteiger partial charge in [0.15, 0.2) is 11.0 Å². The first-order chi connectivity index (χ1) is 8.08. The molecule has 0 aromatic carbocycles. The Morgan fingerprint density at radius 1 is 1.65 bits per heavy atom. The number of aryl methyl sites for hydroxylation is 1. The number of halogens is 1. The second-order valence-electron chi connectivity index (χ2n) is 3.48. The molecule has 5 heteroatoms. The number of aromatic nitrogens is 1. The second kappa shape index (κ2) is 6.67. The fourth-order valence-corrected chi connectivity index (χ4v) is 2.05. The van der Waals surface area contributed by atoms with Crippen molar-refractivity contribution < 1.29 is 4.21 Å². The summed E-state index contributed by atoms with van der Waals surface area (Å²) < 4.78 is 15.9. The highest BCUT2D eigenvalue weighted by molar-refractivity contribution is 7.83. The van der Waals surface area contributed by atoms with Gasteiger partial charge in [0.25, 0.3) is 0 Å². The summed E-state index contributed by atoms with van der Waals surface area (Å²) in [5.74, 6) is 0. The lowest BCUT2D eigenvalue weighted by molar-refractivity contribution is 0.684. The van der Waals surface area contributed by atoms with Crippen molar-refractivity contribution in [2.24, 2.45) is 4.40 Å². The summed E-state index contributed by atoms with van der Waals surface area (Å²) in [6.07, 6.45) is 5.95. The summed E-state index contributed by atoms with van der Waals surface area (Å²) >= 11 is 5.80. The lowest BCUT2D eigenvalue weighted by Gasteiger charge is -2.00. The molecule has 1 unspecified atom stereocenters. The Hall–Kier alpha value is -1.00. The van der Waals surface area contributed by atoms with E-state index in [9.17, 15) is 4.21 Å². The number of hydrogen-bond acceptors (Lipinski definition) is 2. The molecule has 0 aliphatic carbocycles. The minimum Gasteiger partial charge on any atom is -0.243 e. The zero-order chi connectivity index (χ0) is 12.8. The van der Waals surface area contributed by atoms with Crippen LogP contribution < -0.4 is 0 Å². The van der Waals surface area contributed by atoms with Gasteiger partial charge in [-0.05, 0) is 37.5 Å². The summed E-state index contributed by atoms with van der Waals surface area (Å²) in [6, 6.07) is 1.74. The molecule has 92 valence electrons. The minimum atomic E-state index is -1.42. The third kappa shape index (κ3) is 4.06. The molecule has 1 aromatic rings. The number of rotatable bonds is 4. The minimum absolute atomic E-state index is 0.428. The predicted molar refractivity (Wildman–Crippen MR) is 72.9 cm³/mol. The molecule has 1 rings (SSSR count). The van der Waals surface area contributed by atoms with Crippen LogP contribution in [0.5, 0.6) is 0 Å². The molecular formula is C12H15ClN2OS. The average molecular weight is 271 g/mol. The van der Waals surface area contributed by atoms with Crippen LogP contribution in [-0.2, 0) is 11.0 Å². The van der Waals surface area contributed by atoms with E-state index in [2.05, 4.69) is 9.38 Å². The maximum Gasteiger partial charge on any atom is 0.174 e. The van der Waals surface area contributed by atoms with Crippen molar-refractivity contribution in [1.82, 2.24) is 4.98 Å². The molecular weight excluding hydrogens is 256 g/mol. The summed E-state index contributed by atoms with van der Waals surface area (Å²) in [4.78, 5) is 4.52. The lowest BCUT2D eigenvalue weighted by atomic mass is 10.2. The summed E-state index contributed by atoms with van der Waals surface area (Å²) in [6.45, 7) is 5.78. The maximum atomic E-state index is 11.8. The van der Waals surface area contributed by atoms with E-state index in [1.54, 1.807) is 12.3 Å². The molecule has 0 N–H and O–H groups in total. The van der Waals surface area contributed by atoms with Crippen molar-refractivity contribution in [2.75, 3.05) is 0 Å². The molecule has 0 saturated carbocycles. The van der Waals surface area contributed by atoms with Crippen LogP contribution in [0.25, 0.3) is 0 Å². The van der Waals surface area contributed by atoms with Crippen molar-refractivity contribution in [3.63, 3.8) is 0 Å². The molecule has 0 aliphatic heterocycles. The smallest absolute Gasteiger partial charge is 0.174 e. The van der Waals surface area contributed by atoms with Gasteiger partial charge in [0.1, 0.15) is 5.15 Å². The Kier molecular flexibility index (Phi) is 5.51. The van der Waals surface area contributed by atoms with E-state index in [0.29, 0.717) is 10.0 Å². The number of hydrogen-bond donors (Lipinski definition) is 0. The van der Waals surface area contributed by atoms with Gasteiger partial charge in [0, 0.05) is 12.4 Å². The van der Waals surface area contributed by atoms with Crippen LogP contribution in [0.1, 0.15) is 25.8 Å². The van der Waals surface area contributed by atoms with Gasteiger partial charge >= 0.3 is 0 Å². The first-order valence-electron chi connectivity index (χ1n) is 5.31. The van der Waals surface area contributed by atoms with Gasteiger partial charge in [-0.2, -0.15) is 4.40 Å². The highest BCUT2D eigenvalue weighted by atomic mass is 35.5. The molecule has 0 amide bonds. The van der Waals surface area contributed by atoms with Crippen LogP contribution in [0.2, 0.25) is 5.15 Å². The van der Waals surface area contributed by atoms with Crippen LogP contribution in [-0.4, -0.2) is 15.4 Å². The monoisotopic (exact) mass is 270 g/mol. The Labute approximate surface area is 109 Å². The second-order valence-corrected chi connectivity index (χ2v) is 5.02. The molecule has 17 heavy (non-hydrogen) atoms. The maximum absolute atomic E-state index is 11.8. The van der Waals surface area contributed by atoms with E-state index >= 15 is 0 Å². The van der Waals surface area contributed by atoms with Gasteiger partial charge in [-0.3, -0.25) is 0 Å². The lowest BCUT2D eigenvalue weighted by Crippen LogP contribution is -1.92. The largest absolute Gasteiger partial charge is 0.243 e. The molecule has 0 spiro atoms. The Bertz CT molecular complexity index is 483. The Morgan fingerprint density at radius 3 is 2.88 bits per heavy atom. The van der Waals surface area contributed by atoms with Gasteiger partial charge in [0.05, 0.1) is 4.90 Å². The first-order valence-corrected chi connectivity index (χ1v) is 6.80. The van der Waals surface area contributed by atoms with Crippen LogP contribution >= 0.6 is 11.6 Å². The molecule has 1 heterocycles. The fourth-order valence-electron chi connectivity index (χ4n) is 1.17. The number of pyridine rings is 1. The first kappa shape index (κ1) is 14.1. The third-order valence-corrected chi connectivity index (χ3v) is 3.60. The van der Waals surface area contributed by atoms with E-state index in [-0.39, 0.29) is 0 Å². The summed E-state index contributed by atoms with van der Waals surface area (Å²) in [5, 5.41) is 0.428. The van der Waals surface area contributed by atoms with Crippen LogP contribution in [0.3, 0.4) is 0 Å². The molecule has 3 nitrogen and oxygen atoms in total. The van der Waals surface area contributed by atoms with Gasteiger partial charge in [-0.15, -0.1) is 0 Å². The zero-order valence-electron chi connectivity index (χ0n) is 10.1. The van der Waals surface area contributed by atoms with Gasteiger partial charge < -0.3 is 0 Å². The van der Waals surface area contributed by atoms with E-state index in [0.717, 1.165) is 17.6 Å². The quantitative estimate of drug-likeness (QED) is 0.621. The molecule has 0 saturated heterocycles. The fraction of sp³-hybridized carbons (Fsp3) is 0.333. The van der Waals surface area contributed by atoms with Gasteiger partial charge in [-0.1, -0.05) is 24.6 Å². The van der Waals surface area contributed by atoms with Gasteiger partial charge in [-0.25, -0.2) is 9.19 Å². The molecule has 1 aromatic heterocycles. The standard InChI is InChI=1S/C12H15ClN2OS/c1-4-10(5-2)7-15-17(16)11-6-9(3)12(13)14-8-11/h4,6-8H,5H2,1-3H3/b10-4+,15-7?. The van der Waals surface area contributed by atoms with Crippen LogP contribution in [0, 0.1) is 6.92 Å². The zero-order valence-corrected chi connectivity index (χ0v) is 11.7. The van der Waals surface area contributed by atoms with Crippen molar-refractivity contribution in [2.45, 2.75) is 32.1 Å². The molecule has 0 aliphatic rings. The highest BCUT2D eigenvalue weighted by Crippen LogP contribution is 2.15. The van der Waals surface area contributed by atoms with E-state index < -0.39 is 11.0 Å². The van der Waals surface area contributed by atoms with Crippen molar-refractivity contribution in [1.29, 1.82) is 0 Å². The number of nitrogens with zero attached hydrogens (tertiary/aromatic N) is 2. The van der Waals surface area contributed by atoms with E-state index in [1.807, 2.05) is 26.8 Å². The highest BCUT2D eigenvalue weighted by Gasteiger charge is 2.04. The van der Waals surface area contributed by atoms with Gasteiger partial charge in [0.2, 0.25) is 0 Å². The third-order valence-electron chi connectivity index (χ3n) is 2.28. The Balaban J connectivity index is 2.87. The SMILES string of the molecule is C/C=C(/C=NS(=O)c1cnc(Cl)c(C)c1)CC. The molecule has 0 radical (unpaired) electrons. The Morgan fingerprint density at radius 2 is 2.35 bits per heavy atom. The van der Waals surface area contributed by atoms with Crippen molar-refractivity contribution in [3.05, 3.63) is 34.6 Å².